The van der Waals surface area contributed by atoms with Crippen molar-refractivity contribution >= 4 is 35.0 Å². The summed E-state index contributed by atoms with van der Waals surface area (Å²) in [6.45, 7) is 1.37. The first-order valence-corrected chi connectivity index (χ1v) is 9.55. The second-order valence-electron chi connectivity index (χ2n) is 5.87. The summed E-state index contributed by atoms with van der Waals surface area (Å²) in [5.41, 5.74) is 0.387. The Morgan fingerprint density at radius 3 is 2.89 bits per heavy atom. The number of thioether (sulfide) groups is 1. The molecule has 1 aromatic carbocycles. The molecule has 0 spiro atoms. The lowest BCUT2D eigenvalue weighted by Crippen LogP contribution is -2.15. The van der Waals surface area contributed by atoms with Crippen molar-refractivity contribution in [2.45, 2.75) is 37.1 Å². The third kappa shape index (κ3) is 5.20. The van der Waals surface area contributed by atoms with Gasteiger partial charge >= 0.3 is 6.61 Å². The molecule has 0 saturated heterocycles. The molecular weight excluding hydrogens is 398 g/mol. The van der Waals surface area contributed by atoms with Crippen molar-refractivity contribution in [3.8, 4) is 5.75 Å². The van der Waals surface area contributed by atoms with E-state index in [-0.39, 0.29) is 22.4 Å². The van der Waals surface area contributed by atoms with E-state index in [1.807, 2.05) is 4.57 Å². The van der Waals surface area contributed by atoms with Crippen LogP contribution in [0, 0.1) is 0 Å². The number of alkyl halides is 2. The lowest BCUT2D eigenvalue weighted by atomic mass is 10.3. The van der Waals surface area contributed by atoms with Crippen LogP contribution in [-0.4, -0.2) is 33.0 Å². The van der Waals surface area contributed by atoms with Gasteiger partial charge in [-0.05, 0) is 31.0 Å². The number of amides is 1. The highest BCUT2D eigenvalue weighted by atomic mass is 35.5. The summed E-state index contributed by atoms with van der Waals surface area (Å²) in [4.78, 5) is 12.2. The van der Waals surface area contributed by atoms with E-state index >= 15 is 0 Å². The van der Waals surface area contributed by atoms with Gasteiger partial charge < -0.3 is 14.6 Å². The zero-order valence-electron chi connectivity index (χ0n) is 14.2. The van der Waals surface area contributed by atoms with Crippen molar-refractivity contribution in [1.29, 1.82) is 0 Å². The minimum absolute atomic E-state index is 0.0134. The van der Waals surface area contributed by atoms with Crippen molar-refractivity contribution in [2.75, 3.05) is 11.1 Å². The van der Waals surface area contributed by atoms with Gasteiger partial charge in [0.25, 0.3) is 0 Å². The molecule has 1 amide bonds. The van der Waals surface area contributed by atoms with E-state index in [1.165, 1.54) is 30.0 Å². The van der Waals surface area contributed by atoms with Crippen LogP contribution in [0.2, 0.25) is 5.02 Å². The molecular formula is C17H17ClF2N4O2S. The Labute approximate surface area is 163 Å². The van der Waals surface area contributed by atoms with Gasteiger partial charge in [-0.3, -0.25) is 4.79 Å². The minimum atomic E-state index is -2.97. The number of hydrogen-bond acceptors (Lipinski definition) is 5. The molecule has 0 unspecified atom stereocenters. The predicted molar refractivity (Wildman–Crippen MR) is 99.6 cm³/mol. The molecule has 144 valence electrons. The highest BCUT2D eigenvalue weighted by Crippen LogP contribution is 2.40. The fourth-order valence-corrected chi connectivity index (χ4v) is 3.43. The Hall–Kier alpha value is -2.13. The van der Waals surface area contributed by atoms with E-state index in [2.05, 4.69) is 26.8 Å². The van der Waals surface area contributed by atoms with Crippen LogP contribution in [0.15, 0.2) is 36.0 Å². The van der Waals surface area contributed by atoms with Crippen molar-refractivity contribution in [1.82, 2.24) is 14.8 Å². The molecule has 2 aromatic rings. The molecule has 6 nitrogen and oxygen atoms in total. The Morgan fingerprint density at radius 1 is 1.48 bits per heavy atom. The zero-order chi connectivity index (χ0) is 19.4. The van der Waals surface area contributed by atoms with Gasteiger partial charge in [-0.15, -0.1) is 16.8 Å². The Kier molecular flexibility index (Phi) is 6.33. The number of benzene rings is 1. The molecule has 1 aromatic heterocycles. The normalized spacial score (nSPS) is 13.6. The molecule has 10 heteroatoms. The molecule has 1 N–H and O–H groups in total. The van der Waals surface area contributed by atoms with Gasteiger partial charge in [0.15, 0.2) is 5.16 Å². The van der Waals surface area contributed by atoms with Crippen molar-refractivity contribution in [3.05, 3.63) is 41.7 Å². The monoisotopic (exact) mass is 414 g/mol. The quantitative estimate of drug-likeness (QED) is 0.488. The highest BCUT2D eigenvalue weighted by Gasteiger charge is 2.30. The molecule has 1 aliphatic carbocycles. The average Bonchev–Trinajstić information content (AvgIpc) is 3.38. The van der Waals surface area contributed by atoms with E-state index < -0.39 is 6.61 Å². The van der Waals surface area contributed by atoms with Crippen molar-refractivity contribution in [2.24, 2.45) is 0 Å². The van der Waals surface area contributed by atoms with Gasteiger partial charge in [-0.25, -0.2) is 0 Å². The number of carbonyl (C=O) groups excluding carboxylic acids is 1. The summed E-state index contributed by atoms with van der Waals surface area (Å²) >= 11 is 7.15. The van der Waals surface area contributed by atoms with Crippen LogP contribution in [0.25, 0.3) is 0 Å². The minimum Gasteiger partial charge on any atom is -0.433 e. The van der Waals surface area contributed by atoms with Crippen molar-refractivity contribution in [3.63, 3.8) is 0 Å². The van der Waals surface area contributed by atoms with E-state index in [0.717, 1.165) is 18.7 Å². The number of halogens is 3. The maximum Gasteiger partial charge on any atom is 0.387 e. The van der Waals surface area contributed by atoms with Crippen LogP contribution in [0.5, 0.6) is 5.75 Å². The third-order valence-electron chi connectivity index (χ3n) is 3.76. The number of rotatable bonds is 9. The molecule has 3 rings (SSSR count). The first-order valence-electron chi connectivity index (χ1n) is 8.19. The summed E-state index contributed by atoms with van der Waals surface area (Å²) in [6.07, 6.45) is 3.98. The van der Waals surface area contributed by atoms with E-state index in [9.17, 15) is 13.6 Å². The summed E-state index contributed by atoms with van der Waals surface area (Å²) in [6, 6.07) is 4.07. The average molecular weight is 415 g/mol. The van der Waals surface area contributed by atoms with E-state index in [1.54, 1.807) is 6.08 Å². The van der Waals surface area contributed by atoms with Gasteiger partial charge in [0.2, 0.25) is 5.91 Å². The van der Waals surface area contributed by atoms with Crippen molar-refractivity contribution < 1.29 is 18.3 Å². The lowest BCUT2D eigenvalue weighted by molar-refractivity contribution is -0.113. The Bertz CT molecular complexity index is 842. The lowest BCUT2D eigenvalue weighted by Gasteiger charge is -2.10. The molecule has 0 bridgehead atoms. The maximum absolute atomic E-state index is 12.2. The largest absolute Gasteiger partial charge is 0.433 e. The van der Waals surface area contributed by atoms with Gasteiger partial charge in [0, 0.05) is 18.2 Å². The van der Waals surface area contributed by atoms with Crippen LogP contribution in [-0.2, 0) is 11.3 Å². The second kappa shape index (κ2) is 8.71. The van der Waals surface area contributed by atoms with Gasteiger partial charge in [-0.1, -0.05) is 29.4 Å². The Balaban J connectivity index is 1.58. The molecule has 0 aliphatic heterocycles. The summed E-state index contributed by atoms with van der Waals surface area (Å²) in [5.74, 6) is 1.06. The van der Waals surface area contributed by atoms with Crippen LogP contribution in [0.4, 0.5) is 14.5 Å². The first-order chi connectivity index (χ1) is 13.0. The van der Waals surface area contributed by atoms with Gasteiger partial charge in [-0.2, -0.15) is 8.78 Å². The molecule has 1 aliphatic rings. The van der Waals surface area contributed by atoms with E-state index in [4.69, 9.17) is 11.6 Å². The van der Waals surface area contributed by atoms with Crippen LogP contribution < -0.4 is 10.1 Å². The number of aromatic nitrogens is 3. The topological polar surface area (TPSA) is 69.0 Å². The maximum atomic E-state index is 12.2. The second-order valence-corrected chi connectivity index (χ2v) is 7.22. The number of allylic oxidation sites excluding steroid dienone is 1. The molecule has 0 atom stereocenters. The smallest absolute Gasteiger partial charge is 0.387 e. The number of ether oxygens (including phenoxy) is 1. The number of carbonyl (C=O) groups is 1. The number of nitrogens with one attached hydrogen (secondary N) is 1. The van der Waals surface area contributed by atoms with Gasteiger partial charge in [0.1, 0.15) is 11.6 Å². The Morgan fingerprint density at radius 2 is 2.26 bits per heavy atom. The molecule has 0 radical (unpaired) electrons. The third-order valence-corrected chi connectivity index (χ3v) is 5.03. The van der Waals surface area contributed by atoms with Gasteiger partial charge in [0.05, 0.1) is 10.8 Å². The van der Waals surface area contributed by atoms with Crippen LogP contribution >= 0.6 is 23.4 Å². The van der Waals surface area contributed by atoms with E-state index in [0.29, 0.717) is 23.3 Å². The summed E-state index contributed by atoms with van der Waals surface area (Å²) in [5, 5.41) is 11.7. The fraction of sp³-hybridized carbons (Fsp3) is 0.353. The molecule has 1 fully saturated rings. The standard InChI is InChI=1S/C17H17ClF2N4O2S/c1-2-7-24-15(10-3-4-10)22-23-17(24)27-9-14(25)21-11-5-6-13(12(18)8-11)26-16(19)20/h2,5-6,8,10,16H,1,3-4,7,9H2,(H,21,25). The fourth-order valence-electron chi connectivity index (χ4n) is 2.45. The molecule has 27 heavy (non-hydrogen) atoms. The SMILES string of the molecule is C=CCn1c(SCC(=O)Nc2ccc(OC(F)F)c(Cl)c2)nnc1C1CC1. The summed E-state index contributed by atoms with van der Waals surface area (Å²) in [7, 11) is 0. The number of nitrogens with zero attached hydrogens (tertiary/aromatic N) is 3. The molecule has 1 saturated carbocycles. The van der Waals surface area contributed by atoms with Crippen LogP contribution in [0.1, 0.15) is 24.6 Å². The number of anilines is 1. The number of hydrogen-bond donors (Lipinski definition) is 1. The first kappa shape index (κ1) is 19.6. The van der Waals surface area contributed by atoms with Crippen LogP contribution in [0.3, 0.4) is 0 Å². The summed E-state index contributed by atoms with van der Waals surface area (Å²) < 4.78 is 30.7. The molecule has 1 heterocycles. The zero-order valence-corrected chi connectivity index (χ0v) is 15.8. The predicted octanol–water partition coefficient (Wildman–Crippen LogP) is 4.33. The highest BCUT2D eigenvalue weighted by molar-refractivity contribution is 7.99.